The minimum atomic E-state index is -3.37. The first kappa shape index (κ1) is 21.9. The van der Waals surface area contributed by atoms with E-state index in [1.54, 1.807) is 27.0 Å². The molecule has 1 aliphatic carbocycles. The predicted molar refractivity (Wildman–Crippen MR) is 122 cm³/mol. The highest BCUT2D eigenvalue weighted by Gasteiger charge is 2.34. The molecule has 0 spiro atoms. The number of amides is 1. The minimum absolute atomic E-state index is 0.0812. The first-order valence-corrected chi connectivity index (χ1v) is 14.3. The Morgan fingerprint density at radius 3 is 2.53 bits per heavy atom. The van der Waals surface area contributed by atoms with E-state index in [0.717, 1.165) is 41.3 Å². The fourth-order valence-corrected chi connectivity index (χ4v) is 7.30. The molecule has 1 aliphatic heterocycles. The fourth-order valence-electron chi connectivity index (χ4n) is 4.55. The minimum Gasteiger partial charge on any atom is -0.342 e. The summed E-state index contributed by atoms with van der Waals surface area (Å²) in [6, 6.07) is 3.94. The van der Waals surface area contributed by atoms with Crippen molar-refractivity contribution in [1.82, 2.24) is 14.2 Å². The van der Waals surface area contributed by atoms with Gasteiger partial charge in [-0.1, -0.05) is 25.3 Å². The van der Waals surface area contributed by atoms with Gasteiger partial charge in [0, 0.05) is 30.4 Å². The van der Waals surface area contributed by atoms with Gasteiger partial charge in [-0.3, -0.25) is 4.79 Å². The van der Waals surface area contributed by atoms with Crippen molar-refractivity contribution in [3.8, 4) is 9.88 Å². The van der Waals surface area contributed by atoms with E-state index in [1.807, 2.05) is 27.8 Å². The van der Waals surface area contributed by atoms with Gasteiger partial charge in [-0.05, 0) is 37.1 Å². The Morgan fingerprint density at radius 2 is 1.90 bits per heavy atom. The van der Waals surface area contributed by atoms with Crippen LogP contribution in [0.2, 0.25) is 0 Å². The third-order valence-electron chi connectivity index (χ3n) is 6.17. The summed E-state index contributed by atoms with van der Waals surface area (Å²) in [5.74, 6) is 0.450. The third-order valence-corrected chi connectivity index (χ3v) is 9.37. The van der Waals surface area contributed by atoms with Crippen molar-refractivity contribution in [1.29, 1.82) is 0 Å². The van der Waals surface area contributed by atoms with Gasteiger partial charge in [0.2, 0.25) is 15.9 Å². The maximum absolute atomic E-state index is 12.8. The molecule has 164 valence electrons. The Hall–Kier alpha value is -1.29. The lowest BCUT2D eigenvalue weighted by Crippen LogP contribution is -2.49. The van der Waals surface area contributed by atoms with E-state index in [4.69, 9.17) is 0 Å². The van der Waals surface area contributed by atoms with Crippen molar-refractivity contribution >= 4 is 38.6 Å². The van der Waals surface area contributed by atoms with Crippen LogP contribution in [0.15, 0.2) is 22.9 Å². The van der Waals surface area contributed by atoms with E-state index in [-0.39, 0.29) is 17.9 Å². The molecule has 0 atom stereocenters. The number of carbonyl (C=O) groups excluding carboxylic acids is 1. The second kappa shape index (κ2) is 9.46. The highest BCUT2D eigenvalue weighted by molar-refractivity contribution is 7.88. The second-order valence-electron chi connectivity index (χ2n) is 8.32. The molecule has 0 unspecified atom stereocenters. The number of aromatic nitrogens is 1. The molecule has 0 aromatic carbocycles. The Labute approximate surface area is 187 Å². The summed E-state index contributed by atoms with van der Waals surface area (Å²) in [6.07, 6.45) is 8.20. The van der Waals surface area contributed by atoms with Crippen molar-refractivity contribution in [3.05, 3.63) is 28.6 Å². The summed E-state index contributed by atoms with van der Waals surface area (Å²) in [5, 5.41) is 4.90. The zero-order valence-electron chi connectivity index (χ0n) is 17.3. The molecule has 2 aliphatic rings. The molecule has 1 saturated carbocycles. The molecule has 1 saturated heterocycles. The van der Waals surface area contributed by atoms with E-state index in [1.165, 1.54) is 12.7 Å². The number of nitrogens with zero attached hydrogens (tertiary/aromatic N) is 3. The van der Waals surface area contributed by atoms with Gasteiger partial charge >= 0.3 is 0 Å². The molecule has 0 bridgehead atoms. The molecule has 2 aromatic heterocycles. The molecule has 9 heteroatoms. The van der Waals surface area contributed by atoms with E-state index in [0.29, 0.717) is 32.5 Å². The number of likely N-dealkylation sites (tertiary alicyclic amines) is 1. The number of thiophene rings is 1. The monoisotopic (exact) mass is 467 g/mol. The van der Waals surface area contributed by atoms with Gasteiger partial charge in [-0.2, -0.15) is 4.31 Å². The average Bonchev–Trinajstić information content (AvgIpc) is 3.43. The molecule has 30 heavy (non-hydrogen) atoms. The Kier molecular flexibility index (Phi) is 6.91. The van der Waals surface area contributed by atoms with Gasteiger partial charge in [0.25, 0.3) is 0 Å². The summed E-state index contributed by atoms with van der Waals surface area (Å²) < 4.78 is 26.7. The van der Waals surface area contributed by atoms with Crippen LogP contribution in [0.4, 0.5) is 0 Å². The molecule has 0 N–H and O–H groups in total. The number of rotatable bonds is 6. The lowest BCUT2D eigenvalue weighted by Gasteiger charge is -2.38. The number of thiazole rings is 1. The number of hydrogen-bond acceptors (Lipinski definition) is 6. The van der Waals surface area contributed by atoms with Crippen LogP contribution in [0.3, 0.4) is 0 Å². The van der Waals surface area contributed by atoms with Crippen molar-refractivity contribution in [2.24, 2.45) is 5.92 Å². The zero-order chi connectivity index (χ0) is 21.1. The highest BCUT2D eigenvalue weighted by Crippen LogP contribution is 2.30. The summed E-state index contributed by atoms with van der Waals surface area (Å²) in [6.45, 7) is 1.58. The number of carbonyl (C=O) groups is 1. The van der Waals surface area contributed by atoms with Crippen LogP contribution >= 0.6 is 22.7 Å². The largest absolute Gasteiger partial charge is 0.342 e. The molecule has 1 amide bonds. The van der Waals surface area contributed by atoms with E-state index in [9.17, 15) is 13.2 Å². The first-order valence-electron chi connectivity index (χ1n) is 10.7. The number of sulfonamides is 1. The van der Waals surface area contributed by atoms with Gasteiger partial charge in [-0.25, -0.2) is 13.4 Å². The molecule has 4 rings (SSSR count). The van der Waals surface area contributed by atoms with Crippen LogP contribution < -0.4 is 0 Å². The Balaban J connectivity index is 1.40. The smallest absolute Gasteiger partial charge is 0.225 e. The zero-order valence-corrected chi connectivity index (χ0v) is 19.8. The summed E-state index contributed by atoms with van der Waals surface area (Å²) in [7, 11) is -3.37. The lowest BCUT2D eigenvalue weighted by atomic mass is 9.87. The standard InChI is InChI=1S/C21H29N3O3S3/c1-30(26,27)24(14-17-15-29-20(22-17)19-8-5-13-28-19)18-9-11-23(12-10-18)21(25)16-6-3-2-4-7-16/h5,8,13,15-16,18H,2-4,6-7,9-12,14H2,1H3. The quantitative estimate of drug-likeness (QED) is 0.638. The number of piperidine rings is 1. The maximum Gasteiger partial charge on any atom is 0.225 e. The van der Waals surface area contributed by atoms with Gasteiger partial charge in [0.05, 0.1) is 23.4 Å². The van der Waals surface area contributed by atoms with Gasteiger partial charge < -0.3 is 4.90 Å². The summed E-state index contributed by atoms with van der Waals surface area (Å²) >= 11 is 3.19. The number of hydrogen-bond donors (Lipinski definition) is 0. The molecular weight excluding hydrogens is 438 g/mol. The van der Waals surface area contributed by atoms with Gasteiger partial charge in [-0.15, -0.1) is 22.7 Å². The van der Waals surface area contributed by atoms with E-state index < -0.39 is 10.0 Å². The van der Waals surface area contributed by atoms with E-state index in [2.05, 4.69) is 4.98 Å². The summed E-state index contributed by atoms with van der Waals surface area (Å²) in [5.41, 5.74) is 0.787. The van der Waals surface area contributed by atoms with Crippen molar-refractivity contribution < 1.29 is 13.2 Å². The van der Waals surface area contributed by atoms with Crippen LogP contribution in [0.5, 0.6) is 0 Å². The summed E-state index contributed by atoms with van der Waals surface area (Å²) in [4.78, 5) is 20.5. The van der Waals surface area contributed by atoms with Crippen LogP contribution in [0.25, 0.3) is 9.88 Å². The second-order valence-corrected chi connectivity index (χ2v) is 12.1. The average molecular weight is 468 g/mol. The lowest BCUT2D eigenvalue weighted by molar-refractivity contribution is -0.137. The fraction of sp³-hybridized carbons (Fsp3) is 0.619. The molecule has 2 aromatic rings. The molecule has 6 nitrogen and oxygen atoms in total. The molecular formula is C21H29N3O3S3. The van der Waals surface area contributed by atoms with Crippen molar-refractivity contribution in [2.75, 3.05) is 19.3 Å². The third kappa shape index (κ3) is 5.12. The highest BCUT2D eigenvalue weighted by atomic mass is 32.2. The molecule has 0 radical (unpaired) electrons. The van der Waals surface area contributed by atoms with E-state index >= 15 is 0 Å². The predicted octanol–water partition coefficient (Wildman–Crippen LogP) is 4.20. The van der Waals surface area contributed by atoms with Crippen LogP contribution in [0, 0.1) is 5.92 Å². The Bertz CT molecular complexity index is 941. The van der Waals surface area contributed by atoms with Crippen LogP contribution in [-0.2, 0) is 21.4 Å². The van der Waals surface area contributed by atoms with Gasteiger partial charge in [0.15, 0.2) is 0 Å². The molecule has 2 fully saturated rings. The van der Waals surface area contributed by atoms with Crippen molar-refractivity contribution in [3.63, 3.8) is 0 Å². The first-order chi connectivity index (χ1) is 14.4. The van der Waals surface area contributed by atoms with Gasteiger partial charge in [0.1, 0.15) is 5.01 Å². The topological polar surface area (TPSA) is 70.6 Å². The van der Waals surface area contributed by atoms with Crippen LogP contribution in [-0.4, -0.2) is 53.9 Å². The van der Waals surface area contributed by atoms with Crippen LogP contribution in [0.1, 0.15) is 50.6 Å². The SMILES string of the molecule is CS(=O)(=O)N(Cc1csc(-c2cccs2)n1)C1CCN(C(=O)C2CCCCC2)CC1. The maximum atomic E-state index is 12.8. The Morgan fingerprint density at radius 1 is 1.17 bits per heavy atom. The van der Waals surface area contributed by atoms with Crippen molar-refractivity contribution in [2.45, 2.75) is 57.5 Å². The normalized spacial score (nSPS) is 19.5. The molecule has 3 heterocycles.